The van der Waals surface area contributed by atoms with E-state index in [-0.39, 0.29) is 5.91 Å². The monoisotopic (exact) mass is 402 g/mol. The third-order valence-corrected chi connectivity index (χ3v) is 5.67. The van der Waals surface area contributed by atoms with E-state index in [2.05, 4.69) is 6.58 Å². The van der Waals surface area contributed by atoms with Crippen LogP contribution in [0.1, 0.15) is 38.1 Å². The van der Waals surface area contributed by atoms with Crippen molar-refractivity contribution < 1.29 is 14.4 Å². The molecule has 0 unspecified atom stereocenters. The Morgan fingerprint density at radius 3 is 2.59 bits per heavy atom. The molecule has 1 aromatic carbocycles. The van der Waals surface area contributed by atoms with Crippen LogP contribution in [0.15, 0.2) is 43.0 Å². The minimum Gasteiger partial charge on any atom is -0.332 e. The lowest BCUT2D eigenvalue weighted by Crippen LogP contribution is -2.49. The molecule has 5 nitrogen and oxygen atoms in total. The first-order valence-corrected chi connectivity index (χ1v) is 9.65. The molecule has 1 aliphatic heterocycles. The maximum atomic E-state index is 13.0. The van der Waals surface area contributed by atoms with E-state index in [4.69, 9.17) is 11.6 Å². The van der Waals surface area contributed by atoms with Gasteiger partial charge in [0.05, 0.1) is 22.0 Å². The van der Waals surface area contributed by atoms with Crippen molar-refractivity contribution in [1.29, 1.82) is 0 Å². The van der Waals surface area contributed by atoms with Crippen molar-refractivity contribution in [3.63, 3.8) is 0 Å². The number of nitrogens with zero attached hydrogens (tertiary/aromatic N) is 2. The largest absolute Gasteiger partial charge is 0.332 e. The van der Waals surface area contributed by atoms with Crippen LogP contribution >= 0.6 is 22.9 Å². The second-order valence-corrected chi connectivity index (χ2v) is 8.22. The highest BCUT2D eigenvalue weighted by Crippen LogP contribution is 2.27. The fraction of sp³-hybridized carbons (Fsp3) is 0.250. The Morgan fingerprint density at radius 2 is 1.96 bits per heavy atom. The van der Waals surface area contributed by atoms with Crippen LogP contribution in [0.5, 0.6) is 0 Å². The van der Waals surface area contributed by atoms with Crippen LogP contribution in [0.3, 0.4) is 0 Å². The highest BCUT2D eigenvalue weighted by atomic mass is 35.5. The van der Waals surface area contributed by atoms with Gasteiger partial charge < -0.3 is 4.90 Å². The molecule has 0 saturated carbocycles. The Labute approximate surface area is 166 Å². The maximum Gasteiger partial charge on any atom is 0.262 e. The summed E-state index contributed by atoms with van der Waals surface area (Å²) < 4.78 is 0.639. The second-order valence-electron chi connectivity index (χ2n) is 6.42. The standard InChI is InChI=1S/C20H19ClN2O3S/c1-4-9-22(11-14-6-8-17(21)27-14)18(24)13(3)23-19(25)15-7-5-12(2)10-16(15)20(23)26/h4-8,10,13H,1,9,11H2,2-3H3/t13-/m1/s1. The van der Waals surface area contributed by atoms with E-state index in [1.165, 1.54) is 11.3 Å². The number of rotatable bonds is 6. The van der Waals surface area contributed by atoms with Gasteiger partial charge in [0, 0.05) is 11.4 Å². The van der Waals surface area contributed by atoms with Gasteiger partial charge in [-0.15, -0.1) is 17.9 Å². The molecule has 3 amide bonds. The number of amides is 3. The van der Waals surface area contributed by atoms with Gasteiger partial charge in [0.1, 0.15) is 6.04 Å². The van der Waals surface area contributed by atoms with Crippen LogP contribution in [-0.4, -0.2) is 40.1 Å². The summed E-state index contributed by atoms with van der Waals surface area (Å²) in [4.78, 5) is 42.0. The van der Waals surface area contributed by atoms with Gasteiger partial charge >= 0.3 is 0 Å². The van der Waals surface area contributed by atoms with Gasteiger partial charge in [-0.3, -0.25) is 19.3 Å². The molecule has 1 aromatic heterocycles. The Hall–Kier alpha value is -2.44. The van der Waals surface area contributed by atoms with Crippen molar-refractivity contribution in [1.82, 2.24) is 9.80 Å². The summed E-state index contributed by atoms with van der Waals surface area (Å²) in [5.74, 6) is -1.18. The summed E-state index contributed by atoms with van der Waals surface area (Å²) in [6.07, 6.45) is 1.62. The lowest BCUT2D eigenvalue weighted by Gasteiger charge is -2.28. The minimum absolute atomic E-state index is 0.307. The number of carbonyl (C=O) groups is 3. The Balaban J connectivity index is 1.84. The Morgan fingerprint density at radius 1 is 1.26 bits per heavy atom. The molecule has 1 aliphatic rings. The van der Waals surface area contributed by atoms with Crippen molar-refractivity contribution in [3.8, 4) is 0 Å². The number of halogens is 1. The molecular formula is C20H19ClN2O3S. The molecule has 0 spiro atoms. The first-order chi connectivity index (χ1) is 12.8. The van der Waals surface area contributed by atoms with Gasteiger partial charge in [0.2, 0.25) is 5.91 Å². The number of benzene rings is 1. The van der Waals surface area contributed by atoms with E-state index in [1.807, 2.05) is 13.0 Å². The number of aryl methyl sites for hydroxylation is 1. The Bertz CT molecular complexity index is 937. The molecule has 0 N–H and O–H groups in total. The predicted octanol–water partition coefficient (Wildman–Crippen LogP) is 3.91. The van der Waals surface area contributed by atoms with Gasteiger partial charge in [-0.25, -0.2) is 0 Å². The highest BCUT2D eigenvalue weighted by Gasteiger charge is 2.41. The third kappa shape index (κ3) is 3.68. The SMILES string of the molecule is C=CCN(Cc1ccc(Cl)s1)C(=O)[C@@H](C)N1C(=O)c2ccc(C)cc2C1=O. The minimum atomic E-state index is -0.909. The van der Waals surface area contributed by atoms with Gasteiger partial charge in [0.15, 0.2) is 0 Å². The average molecular weight is 403 g/mol. The zero-order chi connectivity index (χ0) is 19.7. The summed E-state index contributed by atoms with van der Waals surface area (Å²) >= 11 is 7.35. The Kier molecular flexibility index (Phi) is 5.48. The maximum absolute atomic E-state index is 13.0. The molecule has 0 aliphatic carbocycles. The van der Waals surface area contributed by atoms with Crippen LogP contribution in [0.4, 0.5) is 0 Å². The first-order valence-electron chi connectivity index (χ1n) is 8.46. The van der Waals surface area contributed by atoms with E-state index >= 15 is 0 Å². The van der Waals surface area contributed by atoms with Crippen LogP contribution < -0.4 is 0 Å². The lowest BCUT2D eigenvalue weighted by molar-refractivity contribution is -0.134. The van der Waals surface area contributed by atoms with Gasteiger partial charge in [0.25, 0.3) is 11.8 Å². The molecule has 0 fully saturated rings. The first kappa shape index (κ1) is 19.3. The van der Waals surface area contributed by atoms with E-state index in [1.54, 1.807) is 42.2 Å². The molecule has 0 saturated heterocycles. The van der Waals surface area contributed by atoms with Crippen molar-refractivity contribution >= 4 is 40.7 Å². The predicted molar refractivity (Wildman–Crippen MR) is 106 cm³/mol. The van der Waals surface area contributed by atoms with Gasteiger partial charge in [-0.05, 0) is 38.1 Å². The third-order valence-electron chi connectivity index (χ3n) is 4.45. The molecule has 140 valence electrons. The zero-order valence-corrected chi connectivity index (χ0v) is 16.6. The number of imide groups is 1. The summed E-state index contributed by atoms with van der Waals surface area (Å²) in [6.45, 7) is 7.78. The smallest absolute Gasteiger partial charge is 0.262 e. The number of hydrogen-bond acceptors (Lipinski definition) is 4. The second kappa shape index (κ2) is 7.66. The summed E-state index contributed by atoms with van der Waals surface area (Å²) in [6, 6.07) is 7.82. The normalized spacial score (nSPS) is 14.3. The van der Waals surface area contributed by atoms with Crippen molar-refractivity contribution in [2.75, 3.05) is 6.54 Å². The lowest BCUT2D eigenvalue weighted by atomic mass is 10.1. The van der Waals surface area contributed by atoms with Crippen molar-refractivity contribution in [2.24, 2.45) is 0 Å². The summed E-state index contributed by atoms with van der Waals surface area (Å²) in [7, 11) is 0. The summed E-state index contributed by atoms with van der Waals surface area (Å²) in [5.41, 5.74) is 1.57. The topological polar surface area (TPSA) is 57.7 Å². The van der Waals surface area contributed by atoms with Crippen LogP contribution in [0.2, 0.25) is 4.34 Å². The van der Waals surface area contributed by atoms with Crippen molar-refractivity contribution in [3.05, 3.63) is 68.9 Å². The van der Waals surface area contributed by atoms with Crippen molar-refractivity contribution in [2.45, 2.75) is 26.4 Å². The number of hydrogen-bond donors (Lipinski definition) is 0. The van der Waals surface area contributed by atoms with Crippen LogP contribution in [0.25, 0.3) is 0 Å². The zero-order valence-electron chi connectivity index (χ0n) is 15.1. The molecule has 2 aromatic rings. The highest BCUT2D eigenvalue weighted by molar-refractivity contribution is 7.16. The molecule has 7 heteroatoms. The number of thiophene rings is 1. The average Bonchev–Trinajstić information content (AvgIpc) is 3.14. The van der Waals surface area contributed by atoms with Crippen LogP contribution in [0, 0.1) is 6.92 Å². The number of fused-ring (bicyclic) bond motifs is 1. The molecular weight excluding hydrogens is 384 g/mol. The molecule has 2 heterocycles. The summed E-state index contributed by atoms with van der Waals surface area (Å²) in [5, 5.41) is 0. The van der Waals surface area contributed by atoms with E-state index in [9.17, 15) is 14.4 Å². The molecule has 27 heavy (non-hydrogen) atoms. The fourth-order valence-electron chi connectivity index (χ4n) is 3.11. The van der Waals surface area contributed by atoms with E-state index < -0.39 is 17.9 Å². The number of carbonyl (C=O) groups excluding carboxylic acids is 3. The van der Waals surface area contributed by atoms with E-state index in [0.717, 1.165) is 15.3 Å². The van der Waals surface area contributed by atoms with Gasteiger partial charge in [-0.1, -0.05) is 29.3 Å². The molecule has 0 bridgehead atoms. The molecule has 1 atom stereocenters. The van der Waals surface area contributed by atoms with Crippen LogP contribution in [-0.2, 0) is 11.3 Å². The van der Waals surface area contributed by atoms with E-state index in [0.29, 0.717) is 28.6 Å². The van der Waals surface area contributed by atoms with Gasteiger partial charge in [-0.2, -0.15) is 0 Å². The quantitative estimate of drug-likeness (QED) is 0.543. The molecule has 3 rings (SSSR count). The fourth-order valence-corrected chi connectivity index (χ4v) is 4.22. The molecule has 0 radical (unpaired) electrons.